The minimum atomic E-state index is -0.344. The second kappa shape index (κ2) is 6.99. The fourth-order valence-corrected chi connectivity index (χ4v) is 2.53. The van der Waals surface area contributed by atoms with E-state index >= 15 is 0 Å². The zero-order valence-corrected chi connectivity index (χ0v) is 13.0. The average Bonchev–Trinajstić information content (AvgIpc) is 2.82. The summed E-state index contributed by atoms with van der Waals surface area (Å²) in [5.41, 5.74) is 5.67. The van der Waals surface area contributed by atoms with Crippen LogP contribution in [0.1, 0.15) is 33.4 Å². The van der Waals surface area contributed by atoms with E-state index < -0.39 is 0 Å². The summed E-state index contributed by atoms with van der Waals surface area (Å²) >= 11 is 1.24. The van der Waals surface area contributed by atoms with Gasteiger partial charge in [0.05, 0.1) is 18.5 Å². The number of anilines is 1. The van der Waals surface area contributed by atoms with Crippen LogP contribution in [0.4, 0.5) is 5.13 Å². The molecule has 0 atom stereocenters. The lowest BCUT2D eigenvalue weighted by atomic mass is 10.1. The number of carbonyl (C=O) groups is 1. The zero-order valence-electron chi connectivity index (χ0n) is 12.2. The van der Waals surface area contributed by atoms with Crippen LogP contribution in [-0.2, 0) is 4.74 Å². The molecule has 1 heterocycles. The van der Waals surface area contributed by atoms with E-state index in [0.717, 1.165) is 11.1 Å². The lowest BCUT2D eigenvalue weighted by Gasteiger charge is -1.98. The van der Waals surface area contributed by atoms with E-state index in [0.29, 0.717) is 22.3 Å². The van der Waals surface area contributed by atoms with Crippen molar-refractivity contribution >= 4 is 28.7 Å². The molecule has 0 aliphatic rings. The molecule has 5 nitrogen and oxygen atoms in total. The molecule has 21 heavy (non-hydrogen) atoms. The summed E-state index contributed by atoms with van der Waals surface area (Å²) in [6.45, 7) is 5.93. The Bertz CT molecular complexity index is 665. The van der Waals surface area contributed by atoms with Crippen LogP contribution in [0.15, 0.2) is 29.4 Å². The summed E-state index contributed by atoms with van der Waals surface area (Å²) in [5, 5.41) is 4.72. The van der Waals surface area contributed by atoms with Crippen LogP contribution in [0.25, 0.3) is 0 Å². The third-order valence-electron chi connectivity index (χ3n) is 2.81. The first-order chi connectivity index (χ1) is 10.1. The summed E-state index contributed by atoms with van der Waals surface area (Å²) in [5.74, 6) is -0.344. The van der Waals surface area contributed by atoms with Crippen LogP contribution in [0.2, 0.25) is 0 Å². The van der Waals surface area contributed by atoms with Crippen molar-refractivity contribution in [2.24, 2.45) is 5.10 Å². The highest BCUT2D eigenvalue weighted by Gasteiger charge is 2.15. The summed E-state index contributed by atoms with van der Waals surface area (Å²) in [6, 6.07) is 7.95. The van der Waals surface area contributed by atoms with E-state index in [1.807, 2.05) is 31.2 Å². The minimum Gasteiger partial charge on any atom is -0.462 e. The number of rotatable bonds is 5. The van der Waals surface area contributed by atoms with Gasteiger partial charge in [-0.1, -0.05) is 35.6 Å². The molecule has 1 aromatic carbocycles. The normalized spacial score (nSPS) is 10.8. The number of benzene rings is 1. The monoisotopic (exact) mass is 303 g/mol. The Balaban J connectivity index is 2.06. The van der Waals surface area contributed by atoms with Gasteiger partial charge >= 0.3 is 5.97 Å². The Labute approximate surface area is 127 Å². The Kier molecular flexibility index (Phi) is 5.05. The molecule has 2 aromatic rings. The van der Waals surface area contributed by atoms with Gasteiger partial charge in [0.15, 0.2) is 0 Å². The topological polar surface area (TPSA) is 63.6 Å². The predicted octanol–water partition coefficient (Wildman–Crippen LogP) is 3.38. The number of aryl methyl sites for hydroxylation is 2. The molecule has 0 aliphatic carbocycles. The third kappa shape index (κ3) is 3.88. The highest BCUT2D eigenvalue weighted by atomic mass is 32.1. The van der Waals surface area contributed by atoms with Crippen molar-refractivity contribution < 1.29 is 9.53 Å². The summed E-state index contributed by atoms with van der Waals surface area (Å²) < 4.78 is 4.98. The van der Waals surface area contributed by atoms with E-state index in [2.05, 4.69) is 15.5 Å². The zero-order chi connectivity index (χ0) is 15.2. The van der Waals surface area contributed by atoms with Crippen LogP contribution in [0.5, 0.6) is 0 Å². The minimum absolute atomic E-state index is 0.344. The standard InChI is InChI=1S/C15H17N3O2S/c1-4-20-14(19)13-11(3)17-15(21-13)18-16-9-12-8-6-5-7-10(12)2/h5-9H,4H2,1-3H3,(H,17,18)/b16-9-. The molecular weight excluding hydrogens is 286 g/mol. The van der Waals surface area contributed by atoms with Crippen LogP contribution in [0, 0.1) is 13.8 Å². The summed E-state index contributed by atoms with van der Waals surface area (Å²) in [4.78, 5) is 16.5. The largest absolute Gasteiger partial charge is 0.462 e. The molecule has 0 saturated carbocycles. The number of thiazole rings is 1. The van der Waals surface area contributed by atoms with Gasteiger partial charge in [-0.05, 0) is 31.9 Å². The molecule has 0 unspecified atom stereocenters. The first kappa shape index (κ1) is 15.2. The molecule has 110 valence electrons. The van der Waals surface area contributed by atoms with E-state index in [1.54, 1.807) is 20.1 Å². The second-order valence-electron chi connectivity index (χ2n) is 4.38. The molecule has 0 bridgehead atoms. The van der Waals surface area contributed by atoms with Crippen molar-refractivity contribution in [2.75, 3.05) is 12.0 Å². The van der Waals surface area contributed by atoms with Crippen molar-refractivity contribution in [3.8, 4) is 0 Å². The van der Waals surface area contributed by atoms with E-state index in [1.165, 1.54) is 11.3 Å². The van der Waals surface area contributed by atoms with Crippen LogP contribution >= 0.6 is 11.3 Å². The maximum atomic E-state index is 11.7. The fourth-order valence-electron chi connectivity index (χ4n) is 1.72. The number of nitrogens with one attached hydrogen (secondary N) is 1. The number of hydrogen-bond acceptors (Lipinski definition) is 6. The number of aromatic nitrogens is 1. The van der Waals surface area contributed by atoms with Gasteiger partial charge in [-0.2, -0.15) is 5.10 Å². The van der Waals surface area contributed by atoms with E-state index in [-0.39, 0.29) is 5.97 Å². The highest BCUT2D eigenvalue weighted by Crippen LogP contribution is 2.23. The fraction of sp³-hybridized carbons (Fsp3) is 0.267. The van der Waals surface area contributed by atoms with Gasteiger partial charge in [-0.25, -0.2) is 9.78 Å². The summed E-state index contributed by atoms with van der Waals surface area (Å²) in [6.07, 6.45) is 1.73. The van der Waals surface area contributed by atoms with Crippen LogP contribution in [-0.4, -0.2) is 23.8 Å². The predicted molar refractivity (Wildman–Crippen MR) is 85.2 cm³/mol. The van der Waals surface area contributed by atoms with Gasteiger partial charge in [0.2, 0.25) is 5.13 Å². The molecule has 0 fully saturated rings. The molecule has 6 heteroatoms. The Morgan fingerprint density at radius 2 is 2.19 bits per heavy atom. The lowest BCUT2D eigenvalue weighted by Crippen LogP contribution is -2.03. The molecule has 0 aliphatic heterocycles. The van der Waals surface area contributed by atoms with Gasteiger partial charge in [0.1, 0.15) is 4.88 Å². The first-order valence-corrected chi connectivity index (χ1v) is 7.42. The lowest BCUT2D eigenvalue weighted by molar-refractivity contribution is 0.0531. The number of hydrazone groups is 1. The third-order valence-corrected chi connectivity index (χ3v) is 3.85. The average molecular weight is 303 g/mol. The number of carbonyl (C=O) groups excluding carboxylic acids is 1. The molecule has 1 N–H and O–H groups in total. The van der Waals surface area contributed by atoms with Crippen LogP contribution < -0.4 is 5.43 Å². The maximum absolute atomic E-state index is 11.7. The number of ether oxygens (including phenoxy) is 1. The second-order valence-corrected chi connectivity index (χ2v) is 5.38. The van der Waals surface area contributed by atoms with Gasteiger partial charge in [-0.15, -0.1) is 0 Å². The smallest absolute Gasteiger partial charge is 0.350 e. The molecule has 1 aromatic heterocycles. The van der Waals surface area contributed by atoms with Crippen molar-refractivity contribution in [3.63, 3.8) is 0 Å². The van der Waals surface area contributed by atoms with Crippen molar-refractivity contribution in [1.29, 1.82) is 0 Å². The Hall–Kier alpha value is -2.21. The molecule has 0 spiro atoms. The van der Waals surface area contributed by atoms with Gasteiger partial charge in [-0.3, -0.25) is 5.43 Å². The molecule has 0 amide bonds. The van der Waals surface area contributed by atoms with E-state index in [9.17, 15) is 4.79 Å². The molecule has 0 radical (unpaired) electrons. The van der Waals surface area contributed by atoms with Crippen molar-refractivity contribution in [3.05, 3.63) is 46.0 Å². The van der Waals surface area contributed by atoms with Crippen molar-refractivity contribution in [2.45, 2.75) is 20.8 Å². The Morgan fingerprint density at radius 1 is 1.43 bits per heavy atom. The first-order valence-electron chi connectivity index (χ1n) is 6.61. The van der Waals surface area contributed by atoms with E-state index in [4.69, 9.17) is 4.74 Å². The van der Waals surface area contributed by atoms with Gasteiger partial charge in [0.25, 0.3) is 0 Å². The molecule has 0 saturated heterocycles. The molecular formula is C15H17N3O2S. The SMILES string of the molecule is CCOC(=O)c1sc(N/N=C\c2ccccc2C)nc1C. The number of nitrogens with zero attached hydrogens (tertiary/aromatic N) is 2. The van der Waals surface area contributed by atoms with Gasteiger partial charge in [0, 0.05) is 0 Å². The van der Waals surface area contributed by atoms with Crippen molar-refractivity contribution in [1.82, 2.24) is 4.98 Å². The maximum Gasteiger partial charge on any atom is 0.350 e. The van der Waals surface area contributed by atoms with Crippen LogP contribution in [0.3, 0.4) is 0 Å². The quantitative estimate of drug-likeness (QED) is 0.522. The number of esters is 1. The Morgan fingerprint density at radius 3 is 2.90 bits per heavy atom. The summed E-state index contributed by atoms with van der Waals surface area (Å²) in [7, 11) is 0. The number of hydrogen-bond donors (Lipinski definition) is 1. The highest BCUT2D eigenvalue weighted by molar-refractivity contribution is 7.17. The molecule has 2 rings (SSSR count). The van der Waals surface area contributed by atoms with Gasteiger partial charge < -0.3 is 4.74 Å².